The molecule has 0 radical (unpaired) electrons. The Morgan fingerprint density at radius 3 is 2.80 bits per heavy atom. The largest absolute Gasteiger partial charge is 0.392 e. The molecule has 2 bridgehead atoms. The summed E-state index contributed by atoms with van der Waals surface area (Å²) in [5.74, 6) is 0. The highest BCUT2D eigenvalue weighted by Crippen LogP contribution is 2.35. The van der Waals surface area contributed by atoms with Crippen molar-refractivity contribution < 1.29 is 18.3 Å². The number of rotatable bonds is 4. The summed E-state index contributed by atoms with van der Waals surface area (Å²) in [5.41, 5.74) is 0.513. The van der Waals surface area contributed by atoms with Gasteiger partial charge in [-0.25, -0.2) is 13.1 Å². The molecule has 7 heteroatoms. The van der Waals surface area contributed by atoms with Gasteiger partial charge in [-0.05, 0) is 37.0 Å². The van der Waals surface area contributed by atoms with Crippen LogP contribution in [0.3, 0.4) is 0 Å². The monoisotopic (exact) mass is 317 g/mol. The quantitative estimate of drug-likeness (QED) is 0.881. The molecule has 0 spiro atoms. The van der Waals surface area contributed by atoms with Crippen LogP contribution in [0.5, 0.6) is 0 Å². The van der Waals surface area contributed by atoms with Crippen molar-refractivity contribution in [3.05, 3.63) is 28.8 Å². The predicted octanol–water partition coefficient (Wildman–Crippen LogP) is 1.43. The molecule has 110 valence electrons. The van der Waals surface area contributed by atoms with Crippen molar-refractivity contribution in [3.63, 3.8) is 0 Å². The van der Waals surface area contributed by atoms with E-state index in [4.69, 9.17) is 21.4 Å². The summed E-state index contributed by atoms with van der Waals surface area (Å²) in [6, 6.07) is 4.30. The molecule has 2 fully saturated rings. The molecule has 2 heterocycles. The van der Waals surface area contributed by atoms with Crippen LogP contribution in [0.15, 0.2) is 23.1 Å². The van der Waals surface area contributed by atoms with E-state index in [1.807, 2.05) is 0 Å². The van der Waals surface area contributed by atoms with Gasteiger partial charge in [-0.1, -0.05) is 17.7 Å². The lowest BCUT2D eigenvalue weighted by molar-refractivity contribution is 0.0996. The fourth-order valence-corrected chi connectivity index (χ4v) is 4.70. The average molecular weight is 318 g/mol. The highest BCUT2D eigenvalue weighted by molar-refractivity contribution is 7.89. The number of hydrogen-bond acceptors (Lipinski definition) is 4. The van der Waals surface area contributed by atoms with Gasteiger partial charge >= 0.3 is 0 Å². The minimum atomic E-state index is -3.70. The zero-order valence-corrected chi connectivity index (χ0v) is 12.3. The molecule has 5 nitrogen and oxygen atoms in total. The molecule has 2 N–H and O–H groups in total. The van der Waals surface area contributed by atoms with Crippen molar-refractivity contribution in [1.82, 2.24) is 4.72 Å². The maximum Gasteiger partial charge on any atom is 0.242 e. The molecule has 3 unspecified atom stereocenters. The Labute approximate surface area is 122 Å². The second kappa shape index (κ2) is 5.27. The molecule has 3 atom stereocenters. The van der Waals surface area contributed by atoms with Crippen LogP contribution in [0.1, 0.15) is 24.8 Å². The highest BCUT2D eigenvalue weighted by Gasteiger charge is 2.42. The number of aliphatic hydroxyl groups excluding tert-OH is 1. The van der Waals surface area contributed by atoms with Gasteiger partial charge in [-0.15, -0.1) is 0 Å². The Balaban J connectivity index is 1.84. The smallest absolute Gasteiger partial charge is 0.242 e. The Kier molecular flexibility index (Phi) is 3.77. The Bertz CT molecular complexity index is 619. The molecule has 2 aliphatic rings. The number of sulfonamides is 1. The van der Waals surface area contributed by atoms with Crippen molar-refractivity contribution in [1.29, 1.82) is 0 Å². The molecule has 2 aliphatic heterocycles. The van der Waals surface area contributed by atoms with Crippen molar-refractivity contribution >= 4 is 21.6 Å². The minimum absolute atomic E-state index is 0.00786. The van der Waals surface area contributed by atoms with Gasteiger partial charge in [-0.3, -0.25) is 0 Å². The van der Waals surface area contributed by atoms with E-state index in [0.29, 0.717) is 12.0 Å². The molecule has 2 saturated heterocycles. The first-order chi connectivity index (χ1) is 9.49. The normalized spacial score (nSPS) is 29.0. The van der Waals surface area contributed by atoms with Gasteiger partial charge in [0.25, 0.3) is 0 Å². The number of nitrogens with one attached hydrogen (secondary N) is 1. The van der Waals surface area contributed by atoms with Crippen molar-refractivity contribution in [2.24, 2.45) is 0 Å². The lowest BCUT2D eigenvalue weighted by Gasteiger charge is -2.20. The van der Waals surface area contributed by atoms with Crippen LogP contribution < -0.4 is 4.72 Å². The van der Waals surface area contributed by atoms with E-state index >= 15 is 0 Å². The van der Waals surface area contributed by atoms with Crippen molar-refractivity contribution in [2.75, 3.05) is 0 Å². The standard InChI is InChI=1S/C13H16ClNO4S/c14-10-3-1-8(7-16)5-13(10)20(17,18)15-11-6-9-2-4-12(11)19-9/h1,3,5,9,11-12,15-16H,2,4,6-7H2. The van der Waals surface area contributed by atoms with Crippen LogP contribution in [0.4, 0.5) is 0 Å². The maximum absolute atomic E-state index is 12.4. The van der Waals surface area contributed by atoms with Gasteiger partial charge in [-0.2, -0.15) is 0 Å². The first-order valence-electron chi connectivity index (χ1n) is 6.56. The van der Waals surface area contributed by atoms with Gasteiger partial charge < -0.3 is 9.84 Å². The molecule has 0 saturated carbocycles. The van der Waals surface area contributed by atoms with E-state index in [-0.39, 0.29) is 34.8 Å². The second-order valence-corrected chi connectivity index (χ2v) is 7.35. The summed E-state index contributed by atoms with van der Waals surface area (Å²) in [5, 5.41) is 9.26. The van der Waals surface area contributed by atoms with Crippen LogP contribution in [0.2, 0.25) is 5.02 Å². The molecule has 0 aromatic heterocycles. The lowest BCUT2D eigenvalue weighted by Crippen LogP contribution is -2.41. The van der Waals surface area contributed by atoms with Crippen molar-refractivity contribution in [2.45, 2.75) is 49.0 Å². The summed E-state index contributed by atoms with van der Waals surface area (Å²) in [6.07, 6.45) is 2.74. The number of aliphatic hydroxyl groups is 1. The van der Waals surface area contributed by atoms with Crippen LogP contribution in [-0.4, -0.2) is 31.8 Å². The SMILES string of the molecule is O=S(=O)(NC1CC2CCC1O2)c1cc(CO)ccc1Cl. The van der Waals surface area contributed by atoms with E-state index in [1.165, 1.54) is 12.1 Å². The third kappa shape index (κ3) is 2.58. The number of benzene rings is 1. The zero-order valence-electron chi connectivity index (χ0n) is 10.8. The average Bonchev–Trinajstić information content (AvgIpc) is 3.01. The van der Waals surface area contributed by atoms with Gasteiger partial charge in [0.1, 0.15) is 4.90 Å². The van der Waals surface area contributed by atoms with Crippen LogP contribution in [0, 0.1) is 0 Å². The first-order valence-corrected chi connectivity index (χ1v) is 8.43. The van der Waals surface area contributed by atoms with Gasteiger partial charge in [0.05, 0.1) is 29.9 Å². The molecule has 0 aliphatic carbocycles. The second-order valence-electron chi connectivity index (χ2n) is 5.26. The summed E-state index contributed by atoms with van der Waals surface area (Å²) in [4.78, 5) is 0.00786. The van der Waals surface area contributed by atoms with E-state index in [2.05, 4.69) is 4.72 Å². The van der Waals surface area contributed by atoms with Gasteiger partial charge in [0, 0.05) is 0 Å². The minimum Gasteiger partial charge on any atom is -0.392 e. The van der Waals surface area contributed by atoms with Crippen LogP contribution in [-0.2, 0) is 21.4 Å². The summed E-state index contributed by atoms with van der Waals surface area (Å²) >= 11 is 5.97. The number of ether oxygens (including phenoxy) is 1. The van der Waals surface area contributed by atoms with Gasteiger partial charge in [0.15, 0.2) is 0 Å². The third-order valence-corrected chi connectivity index (χ3v) is 5.85. The fraction of sp³-hybridized carbons (Fsp3) is 0.538. The number of fused-ring (bicyclic) bond motifs is 2. The lowest BCUT2D eigenvalue weighted by atomic mass is 9.96. The summed E-state index contributed by atoms with van der Waals surface area (Å²) in [7, 11) is -3.70. The highest BCUT2D eigenvalue weighted by atomic mass is 35.5. The van der Waals surface area contributed by atoms with E-state index in [0.717, 1.165) is 12.8 Å². The van der Waals surface area contributed by atoms with Gasteiger partial charge in [0.2, 0.25) is 10.0 Å². The number of hydrogen-bond donors (Lipinski definition) is 2. The van der Waals surface area contributed by atoms with E-state index in [1.54, 1.807) is 6.07 Å². The van der Waals surface area contributed by atoms with E-state index < -0.39 is 10.0 Å². The molecule has 3 rings (SSSR count). The number of halogens is 1. The zero-order chi connectivity index (χ0) is 14.3. The molecular weight excluding hydrogens is 302 g/mol. The third-order valence-electron chi connectivity index (χ3n) is 3.88. The van der Waals surface area contributed by atoms with Crippen LogP contribution in [0.25, 0.3) is 0 Å². The van der Waals surface area contributed by atoms with Crippen LogP contribution >= 0.6 is 11.6 Å². The fourth-order valence-electron chi connectivity index (χ4n) is 2.88. The molecule has 20 heavy (non-hydrogen) atoms. The van der Waals surface area contributed by atoms with E-state index in [9.17, 15) is 8.42 Å². The molecular formula is C13H16ClNO4S. The molecule has 1 aromatic rings. The Morgan fingerprint density at radius 2 is 2.20 bits per heavy atom. The Morgan fingerprint density at radius 1 is 1.40 bits per heavy atom. The first kappa shape index (κ1) is 14.3. The summed E-state index contributed by atoms with van der Waals surface area (Å²) in [6.45, 7) is -0.225. The molecule has 1 aromatic carbocycles. The predicted molar refractivity (Wildman–Crippen MR) is 74.0 cm³/mol. The summed E-state index contributed by atoms with van der Waals surface area (Å²) < 4.78 is 33.2. The Hall–Kier alpha value is -0.660. The van der Waals surface area contributed by atoms with Crippen molar-refractivity contribution in [3.8, 4) is 0 Å². The molecule has 0 amide bonds. The maximum atomic E-state index is 12.4. The topological polar surface area (TPSA) is 75.6 Å².